The first-order valence-corrected chi connectivity index (χ1v) is 11.5. The van der Waals surface area contributed by atoms with Gasteiger partial charge in [-0.3, -0.25) is 0 Å². The molecule has 0 fully saturated rings. The van der Waals surface area contributed by atoms with Gasteiger partial charge in [-0.15, -0.1) is 0 Å². The van der Waals surface area contributed by atoms with Crippen molar-refractivity contribution in [2.24, 2.45) is 0 Å². The van der Waals surface area contributed by atoms with Crippen LogP contribution in [0.2, 0.25) is 0 Å². The molecule has 34 heavy (non-hydrogen) atoms. The summed E-state index contributed by atoms with van der Waals surface area (Å²) in [7, 11) is 1.57. The van der Waals surface area contributed by atoms with E-state index in [2.05, 4.69) is 28.7 Å². The zero-order chi connectivity index (χ0) is 24.1. The largest absolute Gasteiger partial charge is 0.493 e. The lowest BCUT2D eigenvalue weighted by molar-refractivity contribution is 0.0697. The van der Waals surface area contributed by atoms with Crippen LogP contribution in [0.5, 0.6) is 11.5 Å². The van der Waals surface area contributed by atoms with E-state index >= 15 is 0 Å². The Balaban J connectivity index is 1.60. The molecule has 0 radical (unpaired) electrons. The zero-order valence-corrected chi connectivity index (χ0v) is 20.4. The molecule has 0 aromatic heterocycles. The summed E-state index contributed by atoms with van der Waals surface area (Å²) in [6.45, 7) is 0.266. The lowest BCUT2D eigenvalue weighted by Gasteiger charge is -2.14. The van der Waals surface area contributed by atoms with Crippen molar-refractivity contribution < 1.29 is 19.4 Å². The molecule has 0 unspecified atom stereocenters. The van der Waals surface area contributed by atoms with Gasteiger partial charge in [0.1, 0.15) is 6.61 Å². The molecule has 0 heterocycles. The van der Waals surface area contributed by atoms with E-state index in [9.17, 15) is 10.1 Å². The number of carboxylic acids is 1. The summed E-state index contributed by atoms with van der Waals surface area (Å²) < 4.78 is 12.4. The molecule has 4 aromatic rings. The fraction of sp³-hybridized carbons (Fsp3) is 0.0714. The Morgan fingerprint density at radius 3 is 2.38 bits per heavy atom. The third-order valence-corrected chi connectivity index (χ3v) is 6.13. The second kappa shape index (κ2) is 10.4. The predicted molar refractivity (Wildman–Crippen MR) is 141 cm³/mol. The van der Waals surface area contributed by atoms with Crippen molar-refractivity contribution in [2.45, 2.75) is 6.61 Å². The van der Waals surface area contributed by atoms with Gasteiger partial charge in [-0.2, -0.15) is 5.26 Å². The maximum Gasteiger partial charge on any atom is 0.335 e. The number of aromatic carboxylic acids is 1. The first-order chi connectivity index (χ1) is 16.5. The highest BCUT2D eigenvalue weighted by Gasteiger charge is 2.13. The van der Waals surface area contributed by atoms with Gasteiger partial charge in [0, 0.05) is 0 Å². The van der Waals surface area contributed by atoms with E-state index in [-0.39, 0.29) is 12.2 Å². The predicted octanol–water partition coefficient (Wildman–Crippen LogP) is 6.79. The second-order valence-electron chi connectivity index (χ2n) is 7.56. The van der Waals surface area contributed by atoms with Crippen molar-refractivity contribution >= 4 is 51.0 Å². The molecule has 1 N–H and O–H groups in total. The topological polar surface area (TPSA) is 79.5 Å². The quantitative estimate of drug-likeness (QED) is 0.153. The van der Waals surface area contributed by atoms with Gasteiger partial charge in [0.05, 0.1) is 27.9 Å². The molecule has 4 aromatic carbocycles. The Hall–Kier alpha value is -3.83. The Morgan fingerprint density at radius 2 is 1.71 bits per heavy atom. The smallest absolute Gasteiger partial charge is 0.335 e. The molecule has 0 saturated carbocycles. The van der Waals surface area contributed by atoms with E-state index in [1.807, 2.05) is 60.7 Å². The highest BCUT2D eigenvalue weighted by Crippen LogP contribution is 2.36. The van der Waals surface area contributed by atoms with Gasteiger partial charge in [0.2, 0.25) is 0 Å². The van der Waals surface area contributed by atoms with Crippen LogP contribution in [0, 0.1) is 14.9 Å². The third-order valence-electron chi connectivity index (χ3n) is 5.33. The normalized spacial score (nSPS) is 11.1. The van der Waals surface area contributed by atoms with E-state index in [0.717, 1.165) is 31.0 Å². The average molecular weight is 561 g/mol. The molecule has 0 aliphatic rings. The van der Waals surface area contributed by atoms with E-state index in [1.165, 1.54) is 0 Å². The summed E-state index contributed by atoms with van der Waals surface area (Å²) in [5, 5.41) is 21.1. The van der Waals surface area contributed by atoms with Gasteiger partial charge < -0.3 is 14.6 Å². The van der Waals surface area contributed by atoms with Crippen molar-refractivity contribution in [3.05, 3.63) is 105 Å². The number of fused-ring (bicyclic) bond motifs is 1. The fourth-order valence-corrected chi connectivity index (χ4v) is 4.35. The van der Waals surface area contributed by atoms with Gasteiger partial charge >= 0.3 is 5.97 Å². The zero-order valence-electron chi connectivity index (χ0n) is 18.3. The van der Waals surface area contributed by atoms with Crippen LogP contribution in [-0.4, -0.2) is 18.2 Å². The Kier molecular flexibility index (Phi) is 7.14. The lowest BCUT2D eigenvalue weighted by Crippen LogP contribution is -2.01. The van der Waals surface area contributed by atoms with Crippen molar-refractivity contribution in [1.82, 2.24) is 0 Å². The van der Waals surface area contributed by atoms with E-state index in [4.69, 9.17) is 14.6 Å². The number of carboxylic acid groups (broad SMARTS) is 1. The molecule has 0 bridgehead atoms. The molecule has 6 heteroatoms. The van der Waals surface area contributed by atoms with Crippen molar-refractivity contribution in [2.75, 3.05) is 7.11 Å². The number of nitriles is 1. The minimum absolute atomic E-state index is 0.228. The summed E-state index contributed by atoms with van der Waals surface area (Å²) in [4.78, 5) is 11.0. The minimum Gasteiger partial charge on any atom is -0.493 e. The molecule has 168 valence electrons. The highest BCUT2D eigenvalue weighted by atomic mass is 127. The van der Waals surface area contributed by atoms with Crippen molar-refractivity contribution in [3.63, 3.8) is 0 Å². The van der Waals surface area contributed by atoms with E-state index in [0.29, 0.717) is 17.1 Å². The number of allylic oxidation sites excluding steroid dienone is 1. The number of hydrogen-bond donors (Lipinski definition) is 1. The average Bonchev–Trinajstić information content (AvgIpc) is 2.86. The summed E-state index contributed by atoms with van der Waals surface area (Å²) in [5.41, 5.74) is 3.29. The molecule has 0 amide bonds. The number of ether oxygens (including phenoxy) is 2. The minimum atomic E-state index is -0.965. The highest BCUT2D eigenvalue weighted by molar-refractivity contribution is 14.1. The molecule has 0 aliphatic carbocycles. The van der Waals surface area contributed by atoms with Gasteiger partial charge in [-0.25, -0.2) is 4.79 Å². The third kappa shape index (κ3) is 5.21. The van der Waals surface area contributed by atoms with Crippen LogP contribution in [0.4, 0.5) is 0 Å². The maximum atomic E-state index is 11.0. The summed E-state index contributed by atoms with van der Waals surface area (Å²) in [6, 6.07) is 26.6. The van der Waals surface area contributed by atoms with Crippen molar-refractivity contribution in [3.8, 4) is 17.6 Å². The first-order valence-electron chi connectivity index (χ1n) is 10.4. The number of rotatable bonds is 7. The first kappa shape index (κ1) is 23.3. The SMILES string of the molecule is COc1cc(/C=C(/C#N)c2ccc3ccccc3c2)cc(I)c1OCc1ccc(C(=O)O)cc1. The number of hydrogen-bond acceptors (Lipinski definition) is 4. The lowest BCUT2D eigenvalue weighted by atomic mass is 10.00. The number of halogens is 1. The van der Waals surface area contributed by atoms with E-state index in [1.54, 1.807) is 31.4 Å². The van der Waals surface area contributed by atoms with E-state index < -0.39 is 5.97 Å². The second-order valence-corrected chi connectivity index (χ2v) is 8.72. The number of methoxy groups -OCH3 is 1. The molecule has 0 saturated heterocycles. The van der Waals surface area contributed by atoms with Crippen LogP contribution in [0.15, 0.2) is 78.9 Å². The van der Waals surface area contributed by atoms with Crippen LogP contribution in [0.1, 0.15) is 27.0 Å². The van der Waals surface area contributed by atoms with Gasteiger partial charge in [0.15, 0.2) is 11.5 Å². The maximum absolute atomic E-state index is 11.0. The molecular weight excluding hydrogens is 541 g/mol. The van der Waals surface area contributed by atoms with Crippen molar-refractivity contribution in [1.29, 1.82) is 5.26 Å². The Bertz CT molecular complexity index is 1440. The van der Waals surface area contributed by atoms with Crippen LogP contribution in [-0.2, 0) is 6.61 Å². The fourth-order valence-electron chi connectivity index (χ4n) is 3.57. The molecule has 5 nitrogen and oxygen atoms in total. The van der Waals surface area contributed by atoms with Crippen LogP contribution >= 0.6 is 22.6 Å². The van der Waals surface area contributed by atoms with Crippen LogP contribution in [0.3, 0.4) is 0 Å². The Labute approximate surface area is 211 Å². The monoisotopic (exact) mass is 561 g/mol. The number of nitrogens with zero attached hydrogens (tertiary/aromatic N) is 1. The van der Waals surface area contributed by atoms with Crippen LogP contribution in [0.25, 0.3) is 22.4 Å². The summed E-state index contributed by atoms with van der Waals surface area (Å²) >= 11 is 2.18. The number of carbonyl (C=O) groups is 1. The molecule has 4 rings (SSSR count). The Morgan fingerprint density at radius 1 is 1.00 bits per heavy atom. The number of benzene rings is 4. The molecular formula is C28H20INO4. The van der Waals surface area contributed by atoms with Gasteiger partial charge in [-0.05, 0) is 86.5 Å². The summed E-state index contributed by atoms with van der Waals surface area (Å²) in [6.07, 6.45) is 1.84. The van der Waals surface area contributed by atoms with Gasteiger partial charge in [-0.1, -0.05) is 48.5 Å². The molecule has 0 atom stereocenters. The summed E-state index contributed by atoms with van der Waals surface area (Å²) in [5.74, 6) is 0.177. The molecule has 0 spiro atoms. The standard InChI is InChI=1S/C28H20INO4/c1-33-26-14-19(12-24(16-30)23-11-10-20-4-2-3-5-22(20)15-23)13-25(29)27(26)34-17-18-6-8-21(9-7-18)28(31)32/h2-15H,17H2,1H3,(H,31,32)/b24-12-. The molecule has 0 aliphatic heterocycles. The van der Waals surface area contributed by atoms with Gasteiger partial charge in [0.25, 0.3) is 0 Å². The van der Waals surface area contributed by atoms with Crippen LogP contribution < -0.4 is 9.47 Å².